The van der Waals surface area contributed by atoms with Crippen molar-refractivity contribution >= 4 is 35.1 Å². The van der Waals surface area contributed by atoms with Gasteiger partial charge in [-0.1, -0.05) is 79.5 Å². The lowest BCUT2D eigenvalue weighted by Crippen LogP contribution is -2.56. The van der Waals surface area contributed by atoms with Gasteiger partial charge in [-0.2, -0.15) is 0 Å². The van der Waals surface area contributed by atoms with Gasteiger partial charge in [-0.05, 0) is 67.3 Å². The van der Waals surface area contributed by atoms with Crippen molar-refractivity contribution in [3.8, 4) is 5.75 Å². The molecule has 0 radical (unpaired) electrons. The molecule has 1 unspecified atom stereocenters. The van der Waals surface area contributed by atoms with E-state index in [4.69, 9.17) is 27.9 Å². The molecule has 1 aliphatic heterocycles. The van der Waals surface area contributed by atoms with Gasteiger partial charge in [0.15, 0.2) is 0 Å². The van der Waals surface area contributed by atoms with Crippen LogP contribution in [0.15, 0.2) is 78.9 Å². The van der Waals surface area contributed by atoms with Crippen molar-refractivity contribution in [1.29, 1.82) is 0 Å². The van der Waals surface area contributed by atoms with Crippen LogP contribution in [0.4, 0.5) is 0 Å². The van der Waals surface area contributed by atoms with Gasteiger partial charge in [0.25, 0.3) is 0 Å². The maximum Gasteiger partial charge on any atom is 0.304 e. The fourth-order valence-corrected chi connectivity index (χ4v) is 6.25. The summed E-state index contributed by atoms with van der Waals surface area (Å²) in [6, 6.07) is 24.4. The second-order valence-electron chi connectivity index (χ2n) is 10.7. The monoisotopic (exact) mass is 567 g/mol. The first-order chi connectivity index (χ1) is 18.6. The summed E-state index contributed by atoms with van der Waals surface area (Å²) in [5.41, 5.74) is 0.837. The van der Waals surface area contributed by atoms with E-state index in [0.717, 1.165) is 16.9 Å². The maximum atomic E-state index is 14.4. The topological polar surface area (TPSA) is 66.8 Å². The molecule has 0 bridgehead atoms. The number of hydrogen-bond donors (Lipinski definition) is 1. The summed E-state index contributed by atoms with van der Waals surface area (Å²) in [5, 5.41) is 11.0. The molecule has 0 aromatic heterocycles. The molecule has 1 saturated heterocycles. The fourth-order valence-electron chi connectivity index (χ4n) is 5.92. The van der Waals surface area contributed by atoms with Crippen LogP contribution in [0.25, 0.3) is 0 Å². The summed E-state index contributed by atoms with van der Waals surface area (Å²) < 4.78 is 6.21. The Hall–Kier alpha value is -3.02. The molecule has 7 heteroatoms. The van der Waals surface area contributed by atoms with Gasteiger partial charge >= 0.3 is 5.97 Å². The number of hydrogen-bond acceptors (Lipinski definition) is 3. The van der Waals surface area contributed by atoms with E-state index >= 15 is 0 Å². The molecule has 5 nitrogen and oxygen atoms in total. The summed E-state index contributed by atoms with van der Waals surface area (Å²) >= 11 is 12.7. The molecule has 39 heavy (non-hydrogen) atoms. The van der Waals surface area contributed by atoms with Crippen LogP contribution in [0, 0.1) is 5.41 Å². The quantitative estimate of drug-likeness (QED) is 0.268. The molecular weight excluding hydrogens is 533 g/mol. The third-order valence-electron chi connectivity index (χ3n) is 7.68. The Bertz CT molecular complexity index is 1280. The molecular formula is C32H35Cl2NO4. The number of likely N-dealkylation sites (tertiary alicyclic amines) is 1. The van der Waals surface area contributed by atoms with Gasteiger partial charge in [-0.3, -0.25) is 9.59 Å². The highest BCUT2D eigenvalue weighted by Crippen LogP contribution is 2.52. The summed E-state index contributed by atoms with van der Waals surface area (Å²) in [6.45, 7) is 5.85. The zero-order valence-electron chi connectivity index (χ0n) is 22.5. The number of carbonyl (C=O) groups is 2. The number of carboxylic acids is 1. The third-order valence-corrected chi connectivity index (χ3v) is 8.17. The number of halogens is 2. The molecule has 0 saturated carbocycles. The van der Waals surface area contributed by atoms with E-state index in [0.29, 0.717) is 29.3 Å². The van der Waals surface area contributed by atoms with Crippen molar-refractivity contribution in [2.45, 2.75) is 70.6 Å². The number of para-hydroxylation sites is 1. The Morgan fingerprint density at radius 2 is 1.72 bits per heavy atom. The number of ether oxygens (including phenoxy) is 1. The van der Waals surface area contributed by atoms with Gasteiger partial charge in [-0.15, -0.1) is 0 Å². The number of piperidine rings is 1. The standard InChI is InChI=1S/C32H35Cl2NO4/c1-4-26(17-21(2)39-27-11-6-5-7-12-27)35-30(22-13-15-24(33)16-14-22)28(23-9-8-10-25(34)18-23)19-32(3,31(35)38)20-29(36)37/h5-16,18,21,26,28,30H,4,17,19-20H2,1-3H3,(H,36,37)/t21?,26-,28+,30+,32+/m0/s1. The molecule has 1 heterocycles. The molecule has 0 spiro atoms. The van der Waals surface area contributed by atoms with Crippen molar-refractivity contribution in [2.75, 3.05) is 0 Å². The van der Waals surface area contributed by atoms with Gasteiger partial charge in [0.2, 0.25) is 5.91 Å². The molecule has 3 aromatic rings. The lowest BCUT2D eigenvalue weighted by atomic mass is 9.67. The predicted octanol–water partition coefficient (Wildman–Crippen LogP) is 8.17. The van der Waals surface area contributed by atoms with E-state index in [9.17, 15) is 14.7 Å². The molecule has 5 atom stereocenters. The Labute approximate surface area is 240 Å². The van der Waals surface area contributed by atoms with Gasteiger partial charge < -0.3 is 14.7 Å². The summed E-state index contributed by atoms with van der Waals surface area (Å²) in [7, 11) is 0. The Balaban J connectivity index is 1.81. The van der Waals surface area contributed by atoms with Crippen LogP contribution in [0.5, 0.6) is 5.75 Å². The highest BCUT2D eigenvalue weighted by atomic mass is 35.5. The fraction of sp³-hybridized carbons (Fsp3) is 0.375. The number of amides is 1. The van der Waals surface area contributed by atoms with Crippen LogP contribution in [-0.4, -0.2) is 34.0 Å². The maximum absolute atomic E-state index is 14.4. The molecule has 1 aliphatic rings. The van der Waals surface area contributed by atoms with Crippen LogP contribution in [0.1, 0.15) is 69.5 Å². The van der Waals surface area contributed by atoms with E-state index in [1.807, 2.05) is 90.7 Å². The zero-order valence-corrected chi connectivity index (χ0v) is 24.0. The smallest absolute Gasteiger partial charge is 0.304 e. The molecule has 1 amide bonds. The largest absolute Gasteiger partial charge is 0.491 e. The number of aliphatic carboxylic acids is 1. The summed E-state index contributed by atoms with van der Waals surface area (Å²) in [4.78, 5) is 28.3. The molecule has 1 fully saturated rings. The van der Waals surface area contributed by atoms with Crippen LogP contribution in [0.3, 0.4) is 0 Å². The number of benzene rings is 3. The van der Waals surface area contributed by atoms with Gasteiger partial charge in [0.1, 0.15) is 5.75 Å². The van der Waals surface area contributed by atoms with Crippen molar-refractivity contribution in [3.05, 3.63) is 100 Å². The average molecular weight is 569 g/mol. The van der Waals surface area contributed by atoms with E-state index in [-0.39, 0.29) is 36.4 Å². The average Bonchev–Trinajstić information content (AvgIpc) is 2.89. The highest BCUT2D eigenvalue weighted by Gasteiger charge is 2.52. The van der Waals surface area contributed by atoms with Crippen molar-refractivity contribution in [3.63, 3.8) is 0 Å². The van der Waals surface area contributed by atoms with Crippen LogP contribution >= 0.6 is 23.2 Å². The van der Waals surface area contributed by atoms with Crippen molar-refractivity contribution in [1.82, 2.24) is 4.90 Å². The molecule has 0 aliphatic carbocycles. The first-order valence-electron chi connectivity index (χ1n) is 13.4. The van der Waals surface area contributed by atoms with Crippen LogP contribution in [0.2, 0.25) is 10.0 Å². The first kappa shape index (κ1) is 29.0. The van der Waals surface area contributed by atoms with Crippen LogP contribution < -0.4 is 4.74 Å². The predicted molar refractivity (Wildman–Crippen MR) is 155 cm³/mol. The van der Waals surface area contributed by atoms with Crippen molar-refractivity contribution in [2.24, 2.45) is 5.41 Å². The first-order valence-corrected chi connectivity index (χ1v) is 14.1. The third kappa shape index (κ3) is 6.77. The van der Waals surface area contributed by atoms with E-state index in [1.165, 1.54) is 0 Å². The zero-order chi connectivity index (χ0) is 28.2. The Morgan fingerprint density at radius 3 is 2.33 bits per heavy atom. The molecule has 206 valence electrons. The van der Waals surface area contributed by atoms with Crippen molar-refractivity contribution < 1.29 is 19.4 Å². The Morgan fingerprint density at radius 1 is 1.03 bits per heavy atom. The normalized spacial score (nSPS) is 22.8. The SMILES string of the molecule is CC[C@@H](CC(C)Oc1ccccc1)N1C(=O)[C@@](C)(CC(=O)O)C[C@H](c2cccc(Cl)c2)[C@H]1c1ccc(Cl)cc1. The van der Waals surface area contributed by atoms with E-state index in [2.05, 4.69) is 6.92 Å². The van der Waals surface area contributed by atoms with E-state index in [1.54, 1.807) is 6.92 Å². The highest BCUT2D eigenvalue weighted by molar-refractivity contribution is 6.30. The summed E-state index contributed by atoms with van der Waals surface area (Å²) in [6.07, 6.45) is 1.23. The minimum Gasteiger partial charge on any atom is -0.491 e. The van der Waals surface area contributed by atoms with Gasteiger partial charge in [0.05, 0.1) is 24.0 Å². The molecule has 3 aromatic carbocycles. The minimum absolute atomic E-state index is 0.151. The number of carboxylic acid groups (broad SMARTS) is 1. The minimum atomic E-state index is -1.08. The van der Waals surface area contributed by atoms with Gasteiger partial charge in [-0.25, -0.2) is 0 Å². The van der Waals surface area contributed by atoms with E-state index < -0.39 is 11.4 Å². The lowest BCUT2D eigenvalue weighted by Gasteiger charge is -2.52. The number of carbonyl (C=O) groups excluding carboxylic acids is 1. The second kappa shape index (κ2) is 12.4. The number of nitrogens with zero attached hydrogens (tertiary/aromatic N) is 1. The second-order valence-corrected chi connectivity index (χ2v) is 11.6. The molecule has 4 rings (SSSR count). The molecule has 1 N–H and O–H groups in total. The summed E-state index contributed by atoms with van der Waals surface area (Å²) in [5.74, 6) is -0.547. The van der Waals surface area contributed by atoms with Crippen LogP contribution in [-0.2, 0) is 9.59 Å². The Kier molecular flexibility index (Phi) is 9.24. The number of rotatable bonds is 10. The van der Waals surface area contributed by atoms with Gasteiger partial charge in [0, 0.05) is 28.4 Å². The lowest BCUT2D eigenvalue weighted by molar-refractivity contribution is -0.161.